The molecule has 1 N–H and O–H groups in total. The second kappa shape index (κ2) is 10.6. The van der Waals surface area contributed by atoms with E-state index in [1.165, 1.54) is 6.21 Å². The highest BCUT2D eigenvalue weighted by Crippen LogP contribution is 2.27. The number of halogens is 1. The maximum atomic E-state index is 13.5. The summed E-state index contributed by atoms with van der Waals surface area (Å²) in [5.41, 5.74) is 5.46. The first-order chi connectivity index (χ1) is 15.3. The van der Waals surface area contributed by atoms with Crippen LogP contribution in [0.2, 0.25) is 0 Å². The predicted molar refractivity (Wildman–Crippen MR) is 131 cm³/mol. The van der Waals surface area contributed by atoms with Gasteiger partial charge >= 0.3 is 0 Å². The van der Waals surface area contributed by atoms with Crippen LogP contribution in [0, 0.1) is 6.92 Å². The number of sulfonamides is 1. The molecule has 0 atom stereocenters. The quantitative estimate of drug-likeness (QED) is 0.351. The number of benzene rings is 3. The molecular weight excluding hydrogens is 490 g/mol. The Morgan fingerprint density at radius 3 is 2.38 bits per heavy atom. The number of carbonyl (C=O) groups excluding carboxylic acids is 1. The summed E-state index contributed by atoms with van der Waals surface area (Å²) in [6.07, 6.45) is 2.12. The first-order valence-electron chi connectivity index (χ1n) is 10.1. The highest BCUT2D eigenvalue weighted by Gasteiger charge is 2.28. The van der Waals surface area contributed by atoms with E-state index in [4.69, 9.17) is 0 Å². The van der Waals surface area contributed by atoms with Crippen molar-refractivity contribution in [3.05, 3.63) is 94.0 Å². The molecule has 1 amide bonds. The van der Waals surface area contributed by atoms with Crippen molar-refractivity contribution in [1.82, 2.24) is 5.43 Å². The lowest BCUT2D eigenvalue weighted by Crippen LogP contribution is -2.40. The second-order valence-corrected chi connectivity index (χ2v) is 9.84. The van der Waals surface area contributed by atoms with Gasteiger partial charge in [0.05, 0.1) is 16.8 Å². The number of rotatable bonds is 8. The van der Waals surface area contributed by atoms with Crippen molar-refractivity contribution in [2.24, 2.45) is 5.10 Å². The van der Waals surface area contributed by atoms with Crippen LogP contribution in [0.3, 0.4) is 0 Å². The molecule has 0 spiro atoms. The van der Waals surface area contributed by atoms with Crippen LogP contribution in [0.25, 0.3) is 0 Å². The fourth-order valence-electron chi connectivity index (χ4n) is 3.11. The molecule has 0 aliphatic carbocycles. The first kappa shape index (κ1) is 23.7. The van der Waals surface area contributed by atoms with Crippen LogP contribution in [-0.2, 0) is 21.2 Å². The summed E-state index contributed by atoms with van der Waals surface area (Å²) >= 11 is 3.42. The summed E-state index contributed by atoms with van der Waals surface area (Å²) < 4.78 is 28.9. The zero-order valence-electron chi connectivity index (χ0n) is 17.8. The number of carbonyl (C=O) groups is 1. The molecule has 0 aromatic heterocycles. The number of hydrazone groups is 1. The minimum absolute atomic E-state index is 0.124. The Kier molecular flexibility index (Phi) is 7.82. The van der Waals surface area contributed by atoms with Crippen LogP contribution in [0.15, 0.2) is 87.3 Å². The Morgan fingerprint density at radius 1 is 1.03 bits per heavy atom. The fraction of sp³-hybridized carbons (Fsp3) is 0.167. The third kappa shape index (κ3) is 5.63. The number of nitrogens with one attached hydrogen (secondary N) is 1. The average molecular weight is 514 g/mol. The molecule has 0 unspecified atom stereocenters. The molecule has 0 heterocycles. The summed E-state index contributed by atoms with van der Waals surface area (Å²) in [5, 5.41) is 3.98. The SMILES string of the molecule is CCc1ccccc1N(CC(=O)N/N=C\c1ccccc1Br)S(=O)(=O)c1ccc(C)cc1. The van der Waals surface area contributed by atoms with Gasteiger partial charge in [-0.05, 0) is 43.2 Å². The number of hydrogen-bond acceptors (Lipinski definition) is 4. The monoisotopic (exact) mass is 513 g/mol. The lowest BCUT2D eigenvalue weighted by Gasteiger charge is -2.25. The summed E-state index contributed by atoms with van der Waals surface area (Å²) in [6, 6.07) is 21.2. The van der Waals surface area contributed by atoms with Crippen LogP contribution in [0.4, 0.5) is 5.69 Å². The second-order valence-electron chi connectivity index (χ2n) is 7.12. The van der Waals surface area contributed by atoms with Gasteiger partial charge in [-0.2, -0.15) is 5.10 Å². The molecule has 32 heavy (non-hydrogen) atoms. The predicted octanol–water partition coefficient (Wildman–Crippen LogP) is 4.67. The van der Waals surface area contributed by atoms with Crippen LogP contribution in [0.5, 0.6) is 0 Å². The van der Waals surface area contributed by atoms with Crippen LogP contribution >= 0.6 is 15.9 Å². The van der Waals surface area contributed by atoms with Gasteiger partial charge in [-0.15, -0.1) is 0 Å². The lowest BCUT2D eigenvalue weighted by molar-refractivity contribution is -0.119. The van der Waals surface area contributed by atoms with Gasteiger partial charge in [-0.3, -0.25) is 9.10 Å². The van der Waals surface area contributed by atoms with Gasteiger partial charge in [0.15, 0.2) is 0 Å². The molecular formula is C24H24BrN3O3S. The Bertz CT molecular complexity index is 1230. The van der Waals surface area contributed by atoms with E-state index >= 15 is 0 Å². The van der Waals surface area contributed by atoms with Gasteiger partial charge in [0.2, 0.25) is 0 Å². The number of amides is 1. The molecule has 3 rings (SSSR count). The number of nitrogens with zero attached hydrogens (tertiary/aromatic N) is 2. The average Bonchev–Trinajstić information content (AvgIpc) is 2.79. The molecule has 3 aromatic rings. The highest BCUT2D eigenvalue weighted by atomic mass is 79.9. The Balaban J connectivity index is 1.90. The van der Waals surface area contributed by atoms with Gasteiger partial charge in [-0.1, -0.05) is 76.9 Å². The maximum Gasteiger partial charge on any atom is 0.264 e. The van der Waals surface area contributed by atoms with E-state index in [-0.39, 0.29) is 4.90 Å². The maximum absolute atomic E-state index is 13.5. The van der Waals surface area contributed by atoms with Crippen LogP contribution in [0.1, 0.15) is 23.6 Å². The van der Waals surface area contributed by atoms with Crippen molar-refractivity contribution >= 4 is 43.8 Å². The molecule has 0 fully saturated rings. The molecule has 0 saturated carbocycles. The standard InChI is InChI=1S/C24H24BrN3O3S/c1-3-19-8-5-7-11-23(19)28(32(30,31)21-14-12-18(2)13-15-21)17-24(29)27-26-16-20-9-4-6-10-22(20)25/h4-16H,3,17H2,1-2H3,(H,27,29)/b26-16-. The zero-order chi connectivity index (χ0) is 23.1. The largest absolute Gasteiger partial charge is 0.271 e. The van der Waals surface area contributed by atoms with E-state index in [0.29, 0.717) is 12.1 Å². The third-order valence-electron chi connectivity index (χ3n) is 4.84. The van der Waals surface area contributed by atoms with Gasteiger partial charge in [-0.25, -0.2) is 13.8 Å². The van der Waals surface area contributed by atoms with E-state index in [2.05, 4.69) is 26.5 Å². The molecule has 0 saturated heterocycles. The van der Waals surface area contributed by atoms with Crippen LogP contribution < -0.4 is 9.73 Å². The summed E-state index contributed by atoms with van der Waals surface area (Å²) in [5.74, 6) is -0.546. The van der Waals surface area contributed by atoms with E-state index in [9.17, 15) is 13.2 Å². The summed E-state index contributed by atoms with van der Waals surface area (Å²) in [4.78, 5) is 12.8. The number of para-hydroxylation sites is 1. The number of aryl methyl sites for hydroxylation is 2. The molecule has 0 bridgehead atoms. The molecule has 166 valence electrons. The minimum atomic E-state index is -3.97. The van der Waals surface area contributed by atoms with Gasteiger partial charge in [0, 0.05) is 10.0 Å². The fourth-order valence-corrected chi connectivity index (χ4v) is 4.96. The van der Waals surface area contributed by atoms with Crippen molar-refractivity contribution in [3.8, 4) is 0 Å². The molecule has 0 aliphatic rings. The van der Waals surface area contributed by atoms with Gasteiger partial charge in [0.1, 0.15) is 6.54 Å². The van der Waals surface area contributed by atoms with E-state index in [1.807, 2.05) is 50.2 Å². The Labute approximate surface area is 197 Å². The topological polar surface area (TPSA) is 78.8 Å². The number of anilines is 1. The molecule has 0 aliphatic heterocycles. The van der Waals surface area contributed by atoms with Crippen molar-refractivity contribution < 1.29 is 13.2 Å². The van der Waals surface area contributed by atoms with Crippen molar-refractivity contribution in [2.75, 3.05) is 10.8 Å². The molecule has 6 nitrogen and oxygen atoms in total. The van der Waals surface area contributed by atoms with Gasteiger partial charge < -0.3 is 0 Å². The van der Waals surface area contributed by atoms with Crippen molar-refractivity contribution in [1.29, 1.82) is 0 Å². The smallest absolute Gasteiger partial charge is 0.264 e. The normalized spacial score (nSPS) is 11.5. The first-order valence-corrected chi connectivity index (χ1v) is 12.3. The van der Waals surface area contributed by atoms with E-state index in [1.54, 1.807) is 36.4 Å². The highest BCUT2D eigenvalue weighted by molar-refractivity contribution is 9.10. The van der Waals surface area contributed by atoms with E-state index in [0.717, 1.165) is 25.5 Å². The lowest BCUT2D eigenvalue weighted by atomic mass is 10.1. The number of hydrogen-bond donors (Lipinski definition) is 1. The van der Waals surface area contributed by atoms with E-state index < -0.39 is 22.5 Å². The Morgan fingerprint density at radius 2 is 1.69 bits per heavy atom. The molecule has 8 heteroatoms. The van der Waals surface area contributed by atoms with Crippen molar-refractivity contribution in [2.45, 2.75) is 25.2 Å². The zero-order valence-corrected chi connectivity index (χ0v) is 20.2. The Hall–Kier alpha value is -2.97. The minimum Gasteiger partial charge on any atom is -0.271 e. The molecule has 3 aromatic carbocycles. The summed E-state index contributed by atoms with van der Waals surface area (Å²) in [7, 11) is -3.97. The van der Waals surface area contributed by atoms with Crippen molar-refractivity contribution in [3.63, 3.8) is 0 Å². The third-order valence-corrected chi connectivity index (χ3v) is 7.33. The van der Waals surface area contributed by atoms with Crippen LogP contribution in [-0.4, -0.2) is 27.1 Å². The molecule has 0 radical (unpaired) electrons. The van der Waals surface area contributed by atoms with Gasteiger partial charge in [0.25, 0.3) is 15.9 Å². The summed E-state index contributed by atoms with van der Waals surface area (Å²) in [6.45, 7) is 3.43.